The standard InChI is InChI=1S/C20H22N2O4S/c1-4-10-26-15-8-6-14(7-9-15)16-11-27-18-17(16)19(23)22(12-21-18)13(3)20(24)25-5-2/h6-9,11-13H,4-5,10H2,1-3H3. The Morgan fingerprint density at radius 3 is 2.67 bits per heavy atom. The van der Waals surface area contributed by atoms with E-state index in [1.165, 1.54) is 22.2 Å². The molecule has 0 saturated carbocycles. The first-order valence-electron chi connectivity index (χ1n) is 8.95. The van der Waals surface area contributed by atoms with Crippen LogP contribution in [0.2, 0.25) is 0 Å². The highest BCUT2D eigenvalue weighted by Gasteiger charge is 2.21. The van der Waals surface area contributed by atoms with Crippen molar-refractivity contribution in [2.45, 2.75) is 33.2 Å². The van der Waals surface area contributed by atoms with Crippen LogP contribution in [0.1, 0.15) is 33.2 Å². The number of aromatic nitrogens is 2. The molecule has 0 aliphatic heterocycles. The van der Waals surface area contributed by atoms with Gasteiger partial charge >= 0.3 is 5.97 Å². The van der Waals surface area contributed by atoms with Crippen molar-refractivity contribution in [2.75, 3.05) is 13.2 Å². The Morgan fingerprint density at radius 1 is 1.26 bits per heavy atom. The van der Waals surface area contributed by atoms with E-state index in [1.54, 1.807) is 13.8 Å². The third-order valence-electron chi connectivity index (χ3n) is 4.20. The summed E-state index contributed by atoms with van der Waals surface area (Å²) in [4.78, 5) is 30.1. The molecule has 0 radical (unpaired) electrons. The summed E-state index contributed by atoms with van der Waals surface area (Å²) < 4.78 is 12.0. The van der Waals surface area contributed by atoms with E-state index in [9.17, 15) is 9.59 Å². The van der Waals surface area contributed by atoms with Crippen LogP contribution in [0.15, 0.2) is 40.8 Å². The van der Waals surface area contributed by atoms with Gasteiger partial charge in [-0.3, -0.25) is 9.36 Å². The molecule has 0 fully saturated rings. The maximum Gasteiger partial charge on any atom is 0.328 e. The summed E-state index contributed by atoms with van der Waals surface area (Å²) in [5, 5.41) is 2.43. The summed E-state index contributed by atoms with van der Waals surface area (Å²) >= 11 is 1.41. The van der Waals surface area contributed by atoms with Crippen molar-refractivity contribution in [3.05, 3.63) is 46.3 Å². The quantitative estimate of drug-likeness (QED) is 0.573. The number of esters is 1. The molecule has 0 saturated heterocycles. The molecule has 3 aromatic rings. The van der Waals surface area contributed by atoms with Crippen molar-refractivity contribution in [1.29, 1.82) is 0 Å². The first-order chi connectivity index (χ1) is 13.1. The topological polar surface area (TPSA) is 70.4 Å². The van der Waals surface area contributed by atoms with Crippen molar-refractivity contribution in [3.63, 3.8) is 0 Å². The second-order valence-electron chi connectivity index (χ2n) is 6.09. The summed E-state index contributed by atoms with van der Waals surface area (Å²) in [7, 11) is 0. The van der Waals surface area contributed by atoms with Crippen LogP contribution in [0.3, 0.4) is 0 Å². The number of fused-ring (bicyclic) bond motifs is 1. The number of hydrogen-bond acceptors (Lipinski definition) is 6. The molecule has 0 aliphatic rings. The minimum Gasteiger partial charge on any atom is -0.494 e. The number of carbonyl (C=O) groups is 1. The lowest BCUT2D eigenvalue weighted by atomic mass is 10.1. The average molecular weight is 386 g/mol. The van der Waals surface area contributed by atoms with Gasteiger partial charge in [-0.05, 0) is 38.0 Å². The predicted molar refractivity (Wildman–Crippen MR) is 106 cm³/mol. The fraction of sp³-hybridized carbons (Fsp3) is 0.350. The number of carbonyl (C=O) groups excluding carboxylic acids is 1. The van der Waals surface area contributed by atoms with Gasteiger partial charge in [0.05, 0.1) is 24.9 Å². The van der Waals surface area contributed by atoms with E-state index in [-0.39, 0.29) is 12.2 Å². The monoisotopic (exact) mass is 386 g/mol. The number of rotatable bonds is 7. The first kappa shape index (κ1) is 19.1. The third kappa shape index (κ3) is 3.88. The van der Waals surface area contributed by atoms with E-state index in [4.69, 9.17) is 9.47 Å². The van der Waals surface area contributed by atoms with E-state index < -0.39 is 12.0 Å². The molecule has 0 N–H and O–H groups in total. The Balaban J connectivity index is 2.01. The molecule has 6 nitrogen and oxygen atoms in total. The molecule has 1 aromatic carbocycles. The Morgan fingerprint density at radius 2 is 2.00 bits per heavy atom. The molecular formula is C20H22N2O4S. The zero-order chi connectivity index (χ0) is 19.4. The lowest BCUT2D eigenvalue weighted by molar-refractivity contribution is -0.146. The Kier molecular flexibility index (Phi) is 5.91. The smallest absolute Gasteiger partial charge is 0.328 e. The molecule has 3 rings (SSSR count). The van der Waals surface area contributed by atoms with Crippen molar-refractivity contribution in [2.24, 2.45) is 0 Å². The van der Waals surface area contributed by atoms with Gasteiger partial charge in [-0.15, -0.1) is 11.3 Å². The van der Waals surface area contributed by atoms with Crippen molar-refractivity contribution in [3.8, 4) is 16.9 Å². The zero-order valence-electron chi connectivity index (χ0n) is 15.6. The molecule has 2 aromatic heterocycles. The van der Waals surface area contributed by atoms with Gasteiger partial charge in [-0.25, -0.2) is 9.78 Å². The van der Waals surface area contributed by atoms with E-state index in [0.717, 1.165) is 23.3 Å². The minimum absolute atomic E-state index is 0.247. The van der Waals surface area contributed by atoms with Gasteiger partial charge in [0, 0.05) is 10.9 Å². The van der Waals surface area contributed by atoms with Gasteiger partial charge in [0.2, 0.25) is 0 Å². The summed E-state index contributed by atoms with van der Waals surface area (Å²) in [5.41, 5.74) is 1.47. The van der Waals surface area contributed by atoms with E-state index >= 15 is 0 Å². The molecule has 0 spiro atoms. The molecule has 1 unspecified atom stereocenters. The zero-order valence-corrected chi connectivity index (χ0v) is 16.4. The van der Waals surface area contributed by atoms with Crippen molar-refractivity contribution >= 4 is 27.5 Å². The molecule has 142 valence electrons. The van der Waals surface area contributed by atoms with E-state index in [1.807, 2.05) is 29.6 Å². The average Bonchev–Trinajstić information content (AvgIpc) is 3.12. The molecule has 27 heavy (non-hydrogen) atoms. The van der Waals surface area contributed by atoms with Crippen LogP contribution in [0.25, 0.3) is 21.3 Å². The van der Waals surface area contributed by atoms with Crippen LogP contribution >= 0.6 is 11.3 Å². The molecule has 0 bridgehead atoms. The normalized spacial score (nSPS) is 12.1. The number of benzene rings is 1. The van der Waals surface area contributed by atoms with Crippen LogP contribution in [0, 0.1) is 0 Å². The Labute approximate surface area is 161 Å². The molecule has 0 aliphatic carbocycles. The van der Waals surface area contributed by atoms with E-state index in [2.05, 4.69) is 11.9 Å². The number of hydrogen-bond donors (Lipinski definition) is 0. The van der Waals surface area contributed by atoms with Crippen LogP contribution in [0.5, 0.6) is 5.75 Å². The molecule has 2 heterocycles. The second-order valence-corrected chi connectivity index (χ2v) is 6.95. The van der Waals surface area contributed by atoms with Crippen molar-refractivity contribution in [1.82, 2.24) is 9.55 Å². The second kappa shape index (κ2) is 8.35. The highest BCUT2D eigenvalue weighted by Crippen LogP contribution is 2.32. The molecular weight excluding hydrogens is 364 g/mol. The number of nitrogens with zero attached hydrogens (tertiary/aromatic N) is 2. The van der Waals surface area contributed by atoms with Crippen LogP contribution in [0.4, 0.5) is 0 Å². The SMILES string of the molecule is CCCOc1ccc(-c2csc3ncn(C(C)C(=O)OCC)c(=O)c23)cc1. The van der Waals surface area contributed by atoms with Gasteiger partial charge in [0.25, 0.3) is 5.56 Å². The Hall–Kier alpha value is -2.67. The lowest BCUT2D eigenvalue weighted by Gasteiger charge is -2.13. The van der Waals surface area contributed by atoms with Crippen LogP contribution in [-0.4, -0.2) is 28.7 Å². The molecule has 0 amide bonds. The predicted octanol–water partition coefficient (Wildman–Crippen LogP) is 4.04. The van der Waals surface area contributed by atoms with E-state index in [0.29, 0.717) is 16.8 Å². The lowest BCUT2D eigenvalue weighted by Crippen LogP contribution is -2.29. The Bertz CT molecular complexity index is 991. The highest BCUT2D eigenvalue weighted by molar-refractivity contribution is 7.17. The molecule has 1 atom stereocenters. The summed E-state index contributed by atoms with van der Waals surface area (Å²) in [5.74, 6) is 0.349. The summed E-state index contributed by atoms with van der Waals surface area (Å²) in [6.45, 7) is 6.37. The van der Waals surface area contributed by atoms with Gasteiger partial charge < -0.3 is 9.47 Å². The third-order valence-corrected chi connectivity index (χ3v) is 5.09. The summed E-state index contributed by atoms with van der Waals surface area (Å²) in [6.07, 6.45) is 2.36. The van der Waals surface area contributed by atoms with Crippen LogP contribution in [-0.2, 0) is 9.53 Å². The first-order valence-corrected chi connectivity index (χ1v) is 9.83. The molecule has 7 heteroatoms. The minimum atomic E-state index is -0.730. The van der Waals surface area contributed by atoms with Crippen molar-refractivity contribution < 1.29 is 14.3 Å². The van der Waals surface area contributed by atoms with Crippen LogP contribution < -0.4 is 10.3 Å². The number of ether oxygens (including phenoxy) is 2. The fourth-order valence-corrected chi connectivity index (χ4v) is 3.67. The van der Waals surface area contributed by atoms with Gasteiger partial charge in [0.15, 0.2) is 0 Å². The maximum absolute atomic E-state index is 13.0. The van der Waals surface area contributed by atoms with Gasteiger partial charge in [-0.2, -0.15) is 0 Å². The van der Waals surface area contributed by atoms with Gasteiger partial charge in [0.1, 0.15) is 16.6 Å². The number of thiophene rings is 1. The summed E-state index contributed by atoms with van der Waals surface area (Å²) in [6, 6.07) is 6.91. The maximum atomic E-state index is 13.0. The highest BCUT2D eigenvalue weighted by atomic mass is 32.1. The fourth-order valence-electron chi connectivity index (χ4n) is 2.76. The largest absolute Gasteiger partial charge is 0.494 e. The van der Waals surface area contributed by atoms with Gasteiger partial charge in [-0.1, -0.05) is 19.1 Å².